The summed E-state index contributed by atoms with van der Waals surface area (Å²) >= 11 is 0. The molecule has 0 bridgehead atoms. The molecule has 0 aromatic rings. The molecule has 0 aromatic heterocycles. The van der Waals surface area contributed by atoms with E-state index in [-0.39, 0.29) is 0 Å². The predicted molar refractivity (Wildman–Crippen MR) is 79.3 cm³/mol. The van der Waals surface area contributed by atoms with Crippen molar-refractivity contribution in [3.05, 3.63) is 0 Å². The van der Waals surface area contributed by atoms with Gasteiger partial charge in [-0.15, -0.1) is 0 Å². The molecule has 0 saturated carbocycles. The minimum atomic E-state index is -9.90. The predicted octanol–water partition coefficient (Wildman–Crippen LogP) is 7.62. The summed E-state index contributed by atoms with van der Waals surface area (Å²) in [7, 11) is 0. The van der Waals surface area contributed by atoms with Gasteiger partial charge >= 0.3 is 88.9 Å². The normalized spacial score (nSPS) is 16.6. The smallest absolute Gasteiger partial charge is 0.460 e. The number of hydrogen-bond donors (Lipinski definition) is 2. The molecule has 0 amide bonds. The van der Waals surface area contributed by atoms with Crippen LogP contribution in [-0.4, -0.2) is 93.7 Å². The maximum atomic E-state index is 14.2. The summed E-state index contributed by atoms with van der Waals surface area (Å²) in [5, 5.41) is 16.5. The number of carboxylic acids is 2. The van der Waals surface area contributed by atoms with Crippen molar-refractivity contribution in [1.82, 2.24) is 0 Å². The van der Waals surface area contributed by atoms with E-state index in [9.17, 15) is 124 Å². The highest BCUT2D eigenvalue weighted by atomic mass is 19.4. The number of carbonyl (C=O) groups is 2. The molecular weight excluding hydrogens is 738 g/mol. The Morgan fingerprint density at radius 2 is 0.422 bits per heavy atom. The summed E-state index contributed by atoms with van der Waals surface area (Å²) in [4.78, 5) is 21.6. The van der Waals surface area contributed by atoms with E-state index in [2.05, 4.69) is 0 Å². The van der Waals surface area contributed by atoms with Crippen molar-refractivity contribution in [2.75, 3.05) is 0 Å². The third-order valence-corrected chi connectivity index (χ3v) is 5.45. The molecule has 268 valence electrons. The van der Waals surface area contributed by atoms with Crippen molar-refractivity contribution in [3.63, 3.8) is 0 Å². The van der Waals surface area contributed by atoms with Crippen molar-refractivity contribution in [3.8, 4) is 0 Å². The Hall–Kier alpha value is -2.88. The summed E-state index contributed by atoms with van der Waals surface area (Å²) in [6.07, 6.45) is -16.6. The molecule has 0 aromatic carbocycles. The van der Waals surface area contributed by atoms with Crippen LogP contribution in [0, 0.1) is 5.41 Å². The van der Waals surface area contributed by atoms with Crippen LogP contribution in [0.1, 0.15) is 0 Å². The van der Waals surface area contributed by atoms with Crippen LogP contribution in [0.2, 0.25) is 0 Å². The van der Waals surface area contributed by atoms with Gasteiger partial charge in [0.15, 0.2) is 0 Å². The standard InChI is InChI=1S/C15H2F26O4/c16-4(17,3(1(42)43,2(44)45)5(18,19)14(36,37)38)6(20,21)7(22,23)8(24,25)9(26,27)10(28,29)11(30,31)12(32,33)13(34,35)15(39,40)41/h(H,42,43)(H,44,45). The molecule has 0 spiro atoms. The molecule has 0 heterocycles. The third-order valence-electron chi connectivity index (χ3n) is 5.45. The van der Waals surface area contributed by atoms with Gasteiger partial charge in [0.1, 0.15) is 0 Å². The van der Waals surface area contributed by atoms with Gasteiger partial charge < -0.3 is 10.2 Å². The third kappa shape index (κ3) is 4.59. The molecule has 0 saturated heterocycles. The van der Waals surface area contributed by atoms with Crippen LogP contribution in [0.25, 0.3) is 0 Å². The van der Waals surface area contributed by atoms with Crippen LogP contribution in [0.4, 0.5) is 114 Å². The number of carboxylic acid groups (broad SMARTS) is 2. The number of alkyl halides is 26. The van der Waals surface area contributed by atoms with E-state index in [4.69, 9.17) is 10.2 Å². The second kappa shape index (κ2) is 10.1. The molecule has 0 atom stereocenters. The minimum absolute atomic E-state index is 5.29. The number of halogens is 26. The summed E-state index contributed by atoms with van der Waals surface area (Å²) in [6, 6.07) is 0. The van der Waals surface area contributed by atoms with E-state index in [1.165, 1.54) is 0 Å². The van der Waals surface area contributed by atoms with Crippen molar-refractivity contribution in [2.24, 2.45) is 5.41 Å². The number of hydrogen-bond acceptors (Lipinski definition) is 2. The molecule has 0 aliphatic rings. The highest BCUT2D eigenvalue weighted by Gasteiger charge is 3.01. The lowest BCUT2D eigenvalue weighted by Gasteiger charge is -2.47. The zero-order valence-corrected chi connectivity index (χ0v) is 19.0. The largest absolute Gasteiger partial charge is 0.480 e. The van der Waals surface area contributed by atoms with E-state index in [0.29, 0.717) is 0 Å². The monoisotopic (exact) mass is 740 g/mol. The highest BCUT2D eigenvalue weighted by molar-refractivity contribution is 6.01. The maximum Gasteiger partial charge on any atom is 0.460 e. The topological polar surface area (TPSA) is 74.6 Å². The molecule has 0 aliphatic carbocycles. The van der Waals surface area contributed by atoms with Crippen LogP contribution in [0.15, 0.2) is 0 Å². The molecule has 0 rings (SSSR count). The van der Waals surface area contributed by atoms with Crippen LogP contribution in [0.3, 0.4) is 0 Å². The maximum absolute atomic E-state index is 14.2. The lowest BCUT2D eigenvalue weighted by molar-refractivity contribution is -0.479. The molecular formula is C15H2F26O4. The molecule has 0 unspecified atom stereocenters. The van der Waals surface area contributed by atoms with Crippen molar-refractivity contribution >= 4 is 11.9 Å². The molecule has 45 heavy (non-hydrogen) atoms. The summed E-state index contributed by atoms with van der Waals surface area (Å²) in [5.74, 6) is -105. The van der Waals surface area contributed by atoms with Crippen molar-refractivity contribution < 1.29 is 134 Å². The first-order valence-electron chi connectivity index (χ1n) is 9.27. The second-order valence-corrected chi connectivity index (χ2v) is 8.10. The fraction of sp³-hybridized carbons (Fsp3) is 0.867. The molecule has 0 radical (unpaired) electrons. The average Bonchev–Trinajstić information content (AvgIpc) is 2.75. The lowest BCUT2D eigenvalue weighted by Crippen LogP contribution is -2.80. The molecule has 30 heteroatoms. The van der Waals surface area contributed by atoms with Gasteiger partial charge in [-0.3, -0.25) is 9.59 Å². The Bertz CT molecular complexity index is 1140. The van der Waals surface area contributed by atoms with Gasteiger partial charge in [0, 0.05) is 0 Å². The Labute approximate surface area is 224 Å². The Kier molecular flexibility index (Phi) is 9.41. The lowest BCUT2D eigenvalue weighted by atomic mass is 9.70. The second-order valence-electron chi connectivity index (χ2n) is 8.10. The van der Waals surface area contributed by atoms with Gasteiger partial charge in [-0.25, -0.2) is 0 Å². The average molecular weight is 740 g/mol. The first kappa shape index (κ1) is 42.1. The zero-order chi connectivity index (χ0) is 37.7. The number of rotatable bonds is 12. The highest BCUT2D eigenvalue weighted by Crippen LogP contribution is 2.69. The molecule has 0 fully saturated rings. The summed E-state index contributed by atoms with van der Waals surface area (Å²) in [5.41, 5.74) is -8.36. The SMILES string of the molecule is O=C(O)C(C(=O)O)(C(F)(F)C(F)(F)F)C(F)(F)C(F)(F)C(F)(F)C(F)(F)C(F)(F)C(F)(F)C(F)(F)C(F)(F)C(F)(F)C(F)(F)F. The van der Waals surface area contributed by atoms with Gasteiger partial charge in [0.25, 0.3) is 0 Å². The van der Waals surface area contributed by atoms with E-state index < -0.39 is 88.9 Å². The first-order chi connectivity index (χ1) is 18.9. The first-order valence-corrected chi connectivity index (χ1v) is 9.27. The molecule has 2 N–H and O–H groups in total. The van der Waals surface area contributed by atoms with Gasteiger partial charge in [0.2, 0.25) is 0 Å². The van der Waals surface area contributed by atoms with E-state index in [0.717, 1.165) is 0 Å². The van der Waals surface area contributed by atoms with Crippen LogP contribution in [0.5, 0.6) is 0 Å². The van der Waals surface area contributed by atoms with E-state index >= 15 is 0 Å². The van der Waals surface area contributed by atoms with Gasteiger partial charge in [-0.2, -0.15) is 114 Å². The minimum Gasteiger partial charge on any atom is -0.480 e. The quantitative estimate of drug-likeness (QED) is 0.160. The van der Waals surface area contributed by atoms with Crippen LogP contribution >= 0.6 is 0 Å². The van der Waals surface area contributed by atoms with Crippen LogP contribution in [-0.2, 0) is 9.59 Å². The summed E-state index contributed by atoms with van der Waals surface area (Å²) < 4.78 is 346. The summed E-state index contributed by atoms with van der Waals surface area (Å²) in [6.45, 7) is 0. The van der Waals surface area contributed by atoms with Crippen LogP contribution < -0.4 is 0 Å². The van der Waals surface area contributed by atoms with Gasteiger partial charge in [-0.05, 0) is 0 Å². The Balaban J connectivity index is 7.93. The van der Waals surface area contributed by atoms with Gasteiger partial charge in [0.05, 0.1) is 0 Å². The zero-order valence-electron chi connectivity index (χ0n) is 19.0. The fourth-order valence-corrected chi connectivity index (χ4v) is 2.83. The van der Waals surface area contributed by atoms with Crippen molar-refractivity contribution in [2.45, 2.75) is 71.6 Å². The fourth-order valence-electron chi connectivity index (χ4n) is 2.83. The molecule has 4 nitrogen and oxygen atoms in total. The van der Waals surface area contributed by atoms with Gasteiger partial charge in [-0.1, -0.05) is 0 Å². The van der Waals surface area contributed by atoms with E-state index in [1.807, 2.05) is 0 Å². The van der Waals surface area contributed by atoms with Crippen molar-refractivity contribution in [1.29, 1.82) is 0 Å². The number of aliphatic carboxylic acids is 2. The molecule has 0 aliphatic heterocycles. The van der Waals surface area contributed by atoms with E-state index in [1.54, 1.807) is 0 Å². The Morgan fingerprint density at radius 1 is 0.267 bits per heavy atom. The Morgan fingerprint density at radius 3 is 0.578 bits per heavy atom.